The quantitative estimate of drug-likeness (QED) is 0.410. The minimum Gasteiger partial charge on any atom is -0.504 e. The van der Waals surface area contributed by atoms with Crippen LogP contribution in [0.4, 0.5) is 0 Å². The maximum Gasteiger partial charge on any atom is 0.277 e. The van der Waals surface area contributed by atoms with Crippen LogP contribution in [-0.2, 0) is 4.79 Å². The third-order valence-electron chi connectivity index (χ3n) is 4.00. The number of hydrogen-bond donors (Lipinski definition) is 2. The van der Waals surface area contributed by atoms with E-state index in [0.29, 0.717) is 17.1 Å². The summed E-state index contributed by atoms with van der Waals surface area (Å²) in [6, 6.07) is 20.4. The van der Waals surface area contributed by atoms with Gasteiger partial charge in [0.05, 0.1) is 17.8 Å². The molecule has 0 aliphatic rings. The Balaban J connectivity index is 1.53. The van der Waals surface area contributed by atoms with E-state index in [1.54, 1.807) is 12.1 Å². The zero-order valence-electron chi connectivity index (χ0n) is 15.6. The molecular formula is C22H19BrN2O4. The van der Waals surface area contributed by atoms with Crippen molar-refractivity contribution in [3.63, 3.8) is 0 Å². The van der Waals surface area contributed by atoms with Crippen LogP contribution >= 0.6 is 15.9 Å². The molecule has 148 valence electrons. The molecule has 0 bridgehead atoms. The molecule has 3 aromatic rings. The molecule has 3 rings (SSSR count). The van der Waals surface area contributed by atoms with Gasteiger partial charge in [-0.1, -0.05) is 36.4 Å². The number of phenols is 1. The number of nitrogens with zero attached hydrogens (tertiary/aromatic N) is 1. The van der Waals surface area contributed by atoms with Crippen molar-refractivity contribution in [2.45, 2.75) is 0 Å². The molecule has 0 heterocycles. The predicted octanol–water partition coefficient (Wildman–Crippen LogP) is 4.36. The molecular weight excluding hydrogens is 436 g/mol. The fourth-order valence-corrected chi connectivity index (χ4v) is 3.06. The lowest BCUT2D eigenvalue weighted by Gasteiger charge is -2.09. The van der Waals surface area contributed by atoms with Gasteiger partial charge >= 0.3 is 0 Å². The Hall–Kier alpha value is -3.32. The first-order valence-electron chi connectivity index (χ1n) is 8.73. The second-order valence-corrected chi connectivity index (χ2v) is 6.88. The van der Waals surface area contributed by atoms with Gasteiger partial charge in [0.2, 0.25) is 0 Å². The van der Waals surface area contributed by atoms with Gasteiger partial charge in [-0.3, -0.25) is 4.79 Å². The van der Waals surface area contributed by atoms with E-state index in [4.69, 9.17) is 9.47 Å². The van der Waals surface area contributed by atoms with Gasteiger partial charge in [0, 0.05) is 0 Å². The lowest BCUT2D eigenvalue weighted by atomic mass is 10.1. The first kappa shape index (κ1) is 20.4. The van der Waals surface area contributed by atoms with E-state index in [2.05, 4.69) is 26.5 Å². The summed E-state index contributed by atoms with van der Waals surface area (Å²) < 4.78 is 11.3. The molecule has 0 radical (unpaired) electrons. The number of hydrogen-bond acceptors (Lipinski definition) is 5. The summed E-state index contributed by atoms with van der Waals surface area (Å²) in [5.41, 5.74) is 5.14. The molecule has 0 unspecified atom stereocenters. The Labute approximate surface area is 176 Å². The van der Waals surface area contributed by atoms with E-state index in [1.165, 1.54) is 19.4 Å². The van der Waals surface area contributed by atoms with Gasteiger partial charge in [0.25, 0.3) is 5.91 Å². The van der Waals surface area contributed by atoms with Gasteiger partial charge < -0.3 is 14.6 Å². The number of rotatable bonds is 7. The number of ether oxygens (including phenoxy) is 2. The van der Waals surface area contributed by atoms with Crippen LogP contribution in [0, 0.1) is 0 Å². The van der Waals surface area contributed by atoms with E-state index < -0.39 is 5.91 Å². The summed E-state index contributed by atoms with van der Waals surface area (Å²) in [6.07, 6.45) is 1.42. The summed E-state index contributed by atoms with van der Waals surface area (Å²) in [5.74, 6) is 0.514. The second kappa shape index (κ2) is 9.75. The maximum atomic E-state index is 11.9. The molecule has 29 heavy (non-hydrogen) atoms. The summed E-state index contributed by atoms with van der Waals surface area (Å²) in [5, 5.41) is 13.6. The van der Waals surface area contributed by atoms with Gasteiger partial charge in [0.1, 0.15) is 5.75 Å². The summed E-state index contributed by atoms with van der Waals surface area (Å²) in [4.78, 5) is 11.9. The summed E-state index contributed by atoms with van der Waals surface area (Å²) >= 11 is 3.48. The molecule has 6 nitrogen and oxygen atoms in total. The molecule has 0 aliphatic carbocycles. The molecule has 0 saturated carbocycles. The third-order valence-corrected chi connectivity index (χ3v) is 4.62. The highest BCUT2D eigenvalue weighted by Crippen LogP contribution is 2.30. The molecule has 0 saturated heterocycles. The topological polar surface area (TPSA) is 80.2 Å². The van der Waals surface area contributed by atoms with Gasteiger partial charge in [-0.2, -0.15) is 5.10 Å². The minimum absolute atomic E-state index is 0.00471. The van der Waals surface area contributed by atoms with Crippen molar-refractivity contribution < 1.29 is 19.4 Å². The number of carbonyl (C=O) groups excluding carboxylic acids is 1. The zero-order chi connectivity index (χ0) is 20.6. The summed E-state index contributed by atoms with van der Waals surface area (Å²) in [7, 11) is 1.47. The van der Waals surface area contributed by atoms with E-state index in [1.807, 2.05) is 48.5 Å². The molecule has 0 aliphatic heterocycles. The number of benzene rings is 3. The number of aromatic hydroxyl groups is 1. The highest BCUT2D eigenvalue weighted by Gasteiger charge is 2.07. The Morgan fingerprint density at radius 2 is 1.83 bits per heavy atom. The largest absolute Gasteiger partial charge is 0.504 e. The lowest BCUT2D eigenvalue weighted by molar-refractivity contribution is -0.123. The lowest BCUT2D eigenvalue weighted by Crippen LogP contribution is -2.24. The molecule has 0 aromatic heterocycles. The molecule has 7 heteroatoms. The predicted molar refractivity (Wildman–Crippen MR) is 115 cm³/mol. The monoisotopic (exact) mass is 454 g/mol. The maximum absolute atomic E-state index is 11.9. The zero-order valence-corrected chi connectivity index (χ0v) is 17.2. The van der Waals surface area contributed by atoms with E-state index >= 15 is 0 Å². The highest BCUT2D eigenvalue weighted by atomic mass is 79.9. The number of carbonyl (C=O) groups is 1. The van der Waals surface area contributed by atoms with Crippen LogP contribution in [0.5, 0.6) is 17.2 Å². The van der Waals surface area contributed by atoms with E-state index in [0.717, 1.165) is 15.6 Å². The van der Waals surface area contributed by atoms with E-state index in [-0.39, 0.29) is 12.4 Å². The summed E-state index contributed by atoms with van der Waals surface area (Å²) in [6.45, 7) is -0.186. The average molecular weight is 455 g/mol. The first-order chi connectivity index (χ1) is 14.1. The van der Waals surface area contributed by atoms with Crippen molar-refractivity contribution in [2.24, 2.45) is 5.10 Å². The van der Waals surface area contributed by atoms with Crippen LogP contribution in [0.15, 0.2) is 76.3 Å². The van der Waals surface area contributed by atoms with Crippen LogP contribution in [0.2, 0.25) is 0 Å². The number of phenolic OH excluding ortho intramolecular Hbond substituents is 1. The molecule has 0 spiro atoms. The molecule has 0 fully saturated rings. The molecule has 1 amide bonds. The minimum atomic E-state index is -0.405. The molecule has 0 atom stereocenters. The van der Waals surface area contributed by atoms with Crippen molar-refractivity contribution in [3.05, 3.63) is 76.8 Å². The number of halogens is 1. The molecule has 3 aromatic carbocycles. The number of methoxy groups -OCH3 is 1. The van der Waals surface area contributed by atoms with Crippen molar-refractivity contribution in [1.29, 1.82) is 0 Å². The average Bonchev–Trinajstić information content (AvgIpc) is 2.73. The van der Waals surface area contributed by atoms with Crippen LogP contribution in [0.25, 0.3) is 11.1 Å². The Bertz CT molecular complexity index is 1020. The van der Waals surface area contributed by atoms with Crippen molar-refractivity contribution in [3.8, 4) is 28.4 Å². The number of amides is 1. The molecule has 2 N–H and O–H groups in total. The van der Waals surface area contributed by atoms with Crippen molar-refractivity contribution in [2.75, 3.05) is 13.7 Å². The first-order valence-corrected chi connectivity index (χ1v) is 9.53. The SMILES string of the molecule is COc1ccc(/C=N/NC(=O)COc2ccc(-c3ccccc3)cc2Br)cc1O. The van der Waals surface area contributed by atoms with E-state index in [9.17, 15) is 9.90 Å². The fourth-order valence-electron chi connectivity index (χ4n) is 2.57. The van der Waals surface area contributed by atoms with Crippen LogP contribution in [-0.4, -0.2) is 30.9 Å². The van der Waals surface area contributed by atoms with Crippen molar-refractivity contribution >= 4 is 28.1 Å². The van der Waals surface area contributed by atoms with Gasteiger partial charge in [-0.15, -0.1) is 0 Å². The van der Waals surface area contributed by atoms with Crippen LogP contribution < -0.4 is 14.9 Å². The van der Waals surface area contributed by atoms with Crippen molar-refractivity contribution in [1.82, 2.24) is 5.43 Å². The smallest absolute Gasteiger partial charge is 0.277 e. The number of hydrazone groups is 1. The highest BCUT2D eigenvalue weighted by molar-refractivity contribution is 9.10. The Morgan fingerprint density at radius 1 is 1.07 bits per heavy atom. The Morgan fingerprint density at radius 3 is 2.52 bits per heavy atom. The van der Waals surface area contributed by atoms with Crippen LogP contribution in [0.3, 0.4) is 0 Å². The van der Waals surface area contributed by atoms with Gasteiger partial charge in [-0.25, -0.2) is 5.43 Å². The van der Waals surface area contributed by atoms with Gasteiger partial charge in [0.15, 0.2) is 18.1 Å². The number of nitrogens with one attached hydrogen (secondary N) is 1. The normalized spacial score (nSPS) is 10.7. The second-order valence-electron chi connectivity index (χ2n) is 6.02. The van der Waals surface area contributed by atoms with Gasteiger partial charge in [-0.05, 0) is 63.0 Å². The van der Waals surface area contributed by atoms with Crippen LogP contribution in [0.1, 0.15) is 5.56 Å². The third kappa shape index (κ3) is 5.58. The standard InChI is InChI=1S/C22H19BrN2O4/c1-28-21-9-7-15(11-19(21)26)13-24-25-22(27)14-29-20-10-8-17(12-18(20)23)16-5-3-2-4-6-16/h2-13,26H,14H2,1H3,(H,25,27)/b24-13+. The fraction of sp³-hybridized carbons (Fsp3) is 0.0909. The Kier molecular flexibility index (Phi) is 6.86.